The normalized spacial score (nSPS) is 20.2. The summed E-state index contributed by atoms with van der Waals surface area (Å²) in [6.45, 7) is 14.2. The lowest BCUT2D eigenvalue weighted by molar-refractivity contribution is -0.118. The van der Waals surface area contributed by atoms with Crippen molar-refractivity contribution in [3.05, 3.63) is 51.9 Å². The van der Waals surface area contributed by atoms with E-state index in [2.05, 4.69) is 63.3 Å². The Balaban J connectivity index is 1.44. The van der Waals surface area contributed by atoms with Crippen LogP contribution in [0.3, 0.4) is 0 Å². The first-order valence-corrected chi connectivity index (χ1v) is 12.6. The molecule has 1 aliphatic carbocycles. The van der Waals surface area contributed by atoms with E-state index in [9.17, 15) is 9.59 Å². The maximum Gasteiger partial charge on any atom is 0.257 e. The lowest BCUT2D eigenvalue weighted by Gasteiger charge is -2.32. The van der Waals surface area contributed by atoms with Gasteiger partial charge in [-0.15, -0.1) is 11.3 Å². The molecule has 2 aliphatic rings. The number of thiophene rings is 1. The van der Waals surface area contributed by atoms with Gasteiger partial charge in [-0.05, 0) is 61.0 Å². The highest BCUT2D eigenvalue weighted by molar-refractivity contribution is 7.16. The van der Waals surface area contributed by atoms with Gasteiger partial charge in [0.2, 0.25) is 5.91 Å². The highest BCUT2D eigenvalue weighted by Gasteiger charge is 2.68. The van der Waals surface area contributed by atoms with Crippen LogP contribution in [0, 0.1) is 36.5 Å². The predicted octanol–water partition coefficient (Wildman–Crippen LogP) is 6.08. The van der Waals surface area contributed by atoms with Crippen LogP contribution < -0.4 is 5.32 Å². The van der Waals surface area contributed by atoms with Gasteiger partial charge in [-0.2, -0.15) is 0 Å². The van der Waals surface area contributed by atoms with E-state index >= 15 is 0 Å². The van der Waals surface area contributed by atoms with E-state index in [1.54, 1.807) is 0 Å². The number of piperidine rings is 1. The minimum Gasteiger partial charge on any atom is -0.339 e. The molecule has 0 bridgehead atoms. The molecule has 2 fully saturated rings. The quantitative estimate of drug-likeness (QED) is 0.598. The van der Waals surface area contributed by atoms with Crippen molar-refractivity contribution in [2.24, 2.45) is 22.7 Å². The van der Waals surface area contributed by atoms with Crippen LogP contribution in [0.1, 0.15) is 66.9 Å². The summed E-state index contributed by atoms with van der Waals surface area (Å²) in [5, 5.41) is 3.86. The van der Waals surface area contributed by atoms with Crippen LogP contribution in [0.5, 0.6) is 0 Å². The van der Waals surface area contributed by atoms with Crippen molar-refractivity contribution in [1.29, 1.82) is 0 Å². The molecule has 1 N–H and O–H groups in total. The first-order valence-electron chi connectivity index (χ1n) is 11.8. The average molecular weight is 453 g/mol. The van der Waals surface area contributed by atoms with Crippen LogP contribution in [-0.4, -0.2) is 29.8 Å². The Bertz CT molecular complexity index is 1000. The third kappa shape index (κ3) is 4.00. The number of benzene rings is 1. The first-order chi connectivity index (χ1) is 15.0. The van der Waals surface area contributed by atoms with Crippen molar-refractivity contribution in [1.82, 2.24) is 4.90 Å². The molecule has 4 rings (SSSR count). The smallest absolute Gasteiger partial charge is 0.257 e. The Morgan fingerprint density at radius 1 is 1.03 bits per heavy atom. The van der Waals surface area contributed by atoms with Gasteiger partial charge >= 0.3 is 0 Å². The van der Waals surface area contributed by atoms with Crippen LogP contribution in [-0.2, 0) is 11.2 Å². The molecular weight excluding hydrogens is 416 g/mol. The molecule has 1 saturated carbocycles. The maximum absolute atomic E-state index is 13.5. The van der Waals surface area contributed by atoms with E-state index in [1.807, 2.05) is 18.7 Å². The second-order valence-corrected chi connectivity index (χ2v) is 12.0. The third-order valence-electron chi connectivity index (χ3n) is 8.39. The lowest BCUT2D eigenvalue weighted by atomic mass is 9.90. The van der Waals surface area contributed by atoms with Crippen molar-refractivity contribution >= 4 is 28.2 Å². The van der Waals surface area contributed by atoms with Crippen LogP contribution in [0.15, 0.2) is 30.3 Å². The number of hydrogen-bond donors (Lipinski definition) is 1. The number of hydrogen-bond acceptors (Lipinski definition) is 3. The zero-order chi connectivity index (χ0) is 23.3. The first kappa shape index (κ1) is 23.0. The second-order valence-electron chi connectivity index (χ2n) is 10.8. The molecule has 2 amide bonds. The fourth-order valence-electron chi connectivity index (χ4n) is 5.45. The fourth-order valence-corrected chi connectivity index (χ4v) is 6.51. The highest BCUT2D eigenvalue weighted by atomic mass is 32.1. The molecule has 0 atom stereocenters. The van der Waals surface area contributed by atoms with Gasteiger partial charge in [0, 0.05) is 23.9 Å². The lowest BCUT2D eigenvalue weighted by Crippen LogP contribution is -2.39. The van der Waals surface area contributed by atoms with Gasteiger partial charge in [0.1, 0.15) is 5.00 Å². The van der Waals surface area contributed by atoms with Crippen molar-refractivity contribution in [2.45, 2.75) is 60.8 Å². The molecule has 0 radical (unpaired) electrons. The molecule has 1 aromatic carbocycles. The van der Waals surface area contributed by atoms with Crippen molar-refractivity contribution in [2.75, 3.05) is 18.4 Å². The number of carbonyl (C=O) groups excluding carboxylic acids is 2. The molecule has 32 heavy (non-hydrogen) atoms. The Morgan fingerprint density at radius 2 is 1.62 bits per heavy atom. The van der Waals surface area contributed by atoms with Gasteiger partial charge in [-0.1, -0.05) is 58.0 Å². The number of anilines is 1. The Hall–Kier alpha value is -2.14. The maximum atomic E-state index is 13.5. The molecule has 2 aromatic rings. The van der Waals surface area contributed by atoms with Crippen LogP contribution in [0.4, 0.5) is 5.00 Å². The molecule has 2 heterocycles. The molecule has 4 nitrogen and oxygen atoms in total. The number of amides is 2. The fraction of sp³-hybridized carbons (Fsp3) is 0.556. The summed E-state index contributed by atoms with van der Waals surface area (Å²) in [5.74, 6) is 0.686. The number of likely N-dealkylation sites (tertiary alicyclic amines) is 1. The van der Waals surface area contributed by atoms with E-state index in [-0.39, 0.29) is 28.6 Å². The molecule has 172 valence electrons. The molecule has 1 aliphatic heterocycles. The minimum absolute atomic E-state index is 0.0246. The minimum atomic E-state index is -0.0330. The molecular formula is C27H36N2O2S. The van der Waals surface area contributed by atoms with Gasteiger partial charge in [-0.25, -0.2) is 0 Å². The monoisotopic (exact) mass is 452 g/mol. The van der Waals surface area contributed by atoms with Gasteiger partial charge in [0.25, 0.3) is 5.91 Å². The highest BCUT2D eigenvalue weighted by Crippen LogP contribution is 2.68. The second kappa shape index (κ2) is 8.33. The number of nitrogens with zero attached hydrogens (tertiary/aromatic N) is 1. The van der Waals surface area contributed by atoms with E-state index in [1.165, 1.54) is 16.9 Å². The van der Waals surface area contributed by atoms with Crippen LogP contribution in [0.2, 0.25) is 0 Å². The SMILES string of the molecule is Cc1sc(NC(=O)C2C(C)(C)C2(C)C)c(C(=O)N2CCC(Cc3ccccc3)CC2)c1C. The number of nitrogens with one attached hydrogen (secondary N) is 1. The van der Waals surface area contributed by atoms with Crippen LogP contribution >= 0.6 is 11.3 Å². The Kier molecular flexibility index (Phi) is 6.00. The summed E-state index contributed by atoms with van der Waals surface area (Å²) in [7, 11) is 0. The van der Waals surface area contributed by atoms with Crippen molar-refractivity contribution in [3.63, 3.8) is 0 Å². The predicted molar refractivity (Wildman–Crippen MR) is 132 cm³/mol. The Labute approximate surface area is 196 Å². The van der Waals surface area contributed by atoms with Gasteiger partial charge in [0.05, 0.1) is 5.56 Å². The standard InChI is InChI=1S/C27H36N2O2S/c1-17-18(2)32-24(28-23(30)22-26(3,4)27(22,5)6)21(17)25(31)29-14-12-20(13-15-29)16-19-10-8-7-9-11-19/h7-11,20,22H,12-16H2,1-6H3,(H,28,30). The largest absolute Gasteiger partial charge is 0.339 e. The van der Waals surface area contributed by atoms with E-state index in [0.717, 1.165) is 47.8 Å². The van der Waals surface area contributed by atoms with Crippen LogP contribution in [0.25, 0.3) is 0 Å². The third-order valence-corrected chi connectivity index (χ3v) is 9.51. The van der Waals surface area contributed by atoms with Gasteiger partial charge in [0.15, 0.2) is 0 Å². The summed E-state index contributed by atoms with van der Waals surface area (Å²) in [6.07, 6.45) is 3.12. The molecule has 0 unspecified atom stereocenters. The summed E-state index contributed by atoms with van der Waals surface area (Å²) < 4.78 is 0. The van der Waals surface area contributed by atoms with Crippen molar-refractivity contribution < 1.29 is 9.59 Å². The topological polar surface area (TPSA) is 49.4 Å². The molecule has 0 spiro atoms. The summed E-state index contributed by atoms with van der Waals surface area (Å²) in [4.78, 5) is 29.7. The molecule has 1 aromatic heterocycles. The van der Waals surface area contributed by atoms with E-state index in [0.29, 0.717) is 11.5 Å². The molecule has 5 heteroatoms. The summed E-state index contributed by atoms with van der Waals surface area (Å²) in [5.41, 5.74) is 3.01. The Morgan fingerprint density at radius 3 is 2.19 bits per heavy atom. The molecule has 1 saturated heterocycles. The van der Waals surface area contributed by atoms with E-state index in [4.69, 9.17) is 0 Å². The van der Waals surface area contributed by atoms with Gasteiger partial charge < -0.3 is 10.2 Å². The zero-order valence-electron chi connectivity index (χ0n) is 20.2. The van der Waals surface area contributed by atoms with Gasteiger partial charge in [-0.3, -0.25) is 9.59 Å². The number of aryl methyl sites for hydroxylation is 1. The summed E-state index contributed by atoms with van der Waals surface area (Å²) in [6, 6.07) is 10.6. The van der Waals surface area contributed by atoms with Crippen molar-refractivity contribution in [3.8, 4) is 0 Å². The zero-order valence-corrected chi connectivity index (χ0v) is 21.1. The average Bonchev–Trinajstić information content (AvgIpc) is 2.99. The van der Waals surface area contributed by atoms with E-state index < -0.39 is 0 Å². The summed E-state index contributed by atoms with van der Waals surface area (Å²) >= 11 is 1.53. The number of carbonyl (C=O) groups is 2. The number of rotatable bonds is 5.